The molecule has 5 nitrogen and oxygen atoms in total. The smallest absolute Gasteiger partial charge is 0.262 e. The third-order valence-electron chi connectivity index (χ3n) is 3.07. The second-order valence-electron chi connectivity index (χ2n) is 4.58. The summed E-state index contributed by atoms with van der Waals surface area (Å²) in [5.41, 5.74) is 0.631. The van der Waals surface area contributed by atoms with Crippen molar-refractivity contribution < 1.29 is 9.59 Å². The molecule has 1 aromatic rings. The van der Waals surface area contributed by atoms with Crippen LogP contribution in [0.3, 0.4) is 0 Å². The van der Waals surface area contributed by atoms with E-state index < -0.39 is 0 Å². The van der Waals surface area contributed by atoms with Gasteiger partial charge in [0.15, 0.2) is 5.17 Å². The molecule has 116 valence electrons. The number of hydrogen-bond acceptors (Lipinski definition) is 4. The first-order chi connectivity index (χ1) is 10.1. The van der Waals surface area contributed by atoms with Gasteiger partial charge in [-0.25, -0.2) is 0 Å². The Bertz CT molecular complexity index is 661. The average molecular weight is 403 g/mol. The van der Waals surface area contributed by atoms with Crippen LogP contribution < -0.4 is 5.32 Å². The molecule has 2 amide bonds. The van der Waals surface area contributed by atoms with Crippen LogP contribution in [0, 0.1) is 0 Å². The number of amidine groups is 1. The zero-order valence-electron chi connectivity index (χ0n) is 11.4. The summed E-state index contributed by atoms with van der Waals surface area (Å²) < 4.78 is 0. The van der Waals surface area contributed by atoms with Gasteiger partial charge in [-0.15, -0.1) is 17.0 Å². The molecule has 0 fully saturated rings. The fourth-order valence-corrected chi connectivity index (χ4v) is 3.11. The Labute approximate surface area is 147 Å². The number of aliphatic imine (C=N–C) groups is 1. The number of thioether (sulfide) groups is 1. The molecule has 0 unspecified atom stereocenters. The van der Waals surface area contributed by atoms with Crippen molar-refractivity contribution in [2.45, 2.75) is 6.42 Å². The monoisotopic (exact) mass is 401 g/mol. The molecule has 0 radical (unpaired) electrons. The highest BCUT2D eigenvalue weighted by molar-refractivity contribution is 8.93. The van der Waals surface area contributed by atoms with E-state index in [0.29, 0.717) is 33.9 Å². The summed E-state index contributed by atoms with van der Waals surface area (Å²) in [6, 6.07) is 6.80. The predicted octanol–water partition coefficient (Wildman–Crippen LogP) is 3.08. The molecule has 0 aliphatic carbocycles. The van der Waals surface area contributed by atoms with Crippen LogP contribution in [0.15, 0.2) is 40.2 Å². The lowest BCUT2D eigenvalue weighted by Gasteiger charge is -2.29. The summed E-state index contributed by atoms with van der Waals surface area (Å²) in [6.45, 7) is 1.35. The number of amides is 2. The van der Waals surface area contributed by atoms with E-state index in [1.165, 1.54) is 17.8 Å². The van der Waals surface area contributed by atoms with Crippen LogP contribution in [0.4, 0.5) is 5.69 Å². The van der Waals surface area contributed by atoms with Gasteiger partial charge in [-0.1, -0.05) is 11.6 Å². The quantitative estimate of drug-likeness (QED) is 0.827. The summed E-state index contributed by atoms with van der Waals surface area (Å²) >= 11 is 7.03. The standard InChI is InChI=1S/C14H12ClN3O2S.BrH/c15-9-2-4-10(5-3-9)17-13(20)11-8-12(19)18-7-1-6-16-14(18)21-11;/h2-5,8H,1,6-7H2,(H,17,20);1H. The van der Waals surface area contributed by atoms with E-state index in [0.717, 1.165) is 6.42 Å². The summed E-state index contributed by atoms with van der Waals surface area (Å²) in [7, 11) is 0. The molecule has 0 saturated carbocycles. The summed E-state index contributed by atoms with van der Waals surface area (Å²) in [4.78, 5) is 30.5. The lowest BCUT2D eigenvalue weighted by atomic mass is 10.3. The van der Waals surface area contributed by atoms with Crippen molar-refractivity contribution in [3.05, 3.63) is 40.3 Å². The number of benzene rings is 1. The molecule has 0 spiro atoms. The molecule has 0 atom stereocenters. The number of fused-ring (bicyclic) bond motifs is 1. The molecule has 0 bridgehead atoms. The van der Waals surface area contributed by atoms with Crippen LogP contribution in [0.1, 0.15) is 6.42 Å². The van der Waals surface area contributed by atoms with Gasteiger partial charge in [0.2, 0.25) is 0 Å². The van der Waals surface area contributed by atoms with E-state index in [-0.39, 0.29) is 28.8 Å². The predicted molar refractivity (Wildman–Crippen MR) is 94.7 cm³/mol. The van der Waals surface area contributed by atoms with E-state index in [1.54, 1.807) is 29.2 Å². The van der Waals surface area contributed by atoms with Gasteiger partial charge in [0.1, 0.15) is 0 Å². The number of nitrogens with one attached hydrogen (secondary N) is 1. The Morgan fingerprint density at radius 1 is 1.32 bits per heavy atom. The number of anilines is 1. The van der Waals surface area contributed by atoms with E-state index in [9.17, 15) is 9.59 Å². The van der Waals surface area contributed by atoms with Crippen molar-refractivity contribution in [2.24, 2.45) is 4.99 Å². The van der Waals surface area contributed by atoms with Gasteiger partial charge in [-0.2, -0.15) is 0 Å². The minimum Gasteiger partial charge on any atom is -0.322 e. The first-order valence-electron chi connectivity index (χ1n) is 6.46. The molecule has 2 heterocycles. The zero-order chi connectivity index (χ0) is 14.8. The zero-order valence-corrected chi connectivity index (χ0v) is 14.7. The Balaban J connectivity index is 0.00000176. The van der Waals surface area contributed by atoms with Crippen LogP contribution in [-0.2, 0) is 9.59 Å². The lowest BCUT2D eigenvalue weighted by Crippen LogP contribution is -2.41. The Morgan fingerprint density at radius 2 is 2.05 bits per heavy atom. The maximum atomic E-state index is 12.2. The number of nitrogens with zero attached hydrogens (tertiary/aromatic N) is 2. The van der Waals surface area contributed by atoms with Crippen LogP contribution >= 0.6 is 40.3 Å². The minimum atomic E-state index is -0.316. The molecule has 8 heteroatoms. The average Bonchev–Trinajstić information content (AvgIpc) is 2.49. The molecule has 1 aromatic carbocycles. The molecular weight excluding hydrogens is 390 g/mol. The van der Waals surface area contributed by atoms with E-state index in [4.69, 9.17) is 11.6 Å². The van der Waals surface area contributed by atoms with Crippen molar-refractivity contribution in [1.29, 1.82) is 0 Å². The second-order valence-corrected chi connectivity index (χ2v) is 6.02. The third kappa shape index (κ3) is 3.71. The van der Waals surface area contributed by atoms with Crippen LogP contribution in [0.25, 0.3) is 0 Å². The Kier molecular flexibility index (Phi) is 5.66. The summed E-state index contributed by atoms with van der Waals surface area (Å²) in [5, 5.41) is 3.95. The topological polar surface area (TPSA) is 61.8 Å². The molecule has 3 rings (SSSR count). The lowest BCUT2D eigenvalue weighted by molar-refractivity contribution is -0.123. The van der Waals surface area contributed by atoms with Crippen molar-refractivity contribution >= 4 is 63.0 Å². The first-order valence-corrected chi connectivity index (χ1v) is 7.65. The van der Waals surface area contributed by atoms with E-state index in [1.807, 2.05) is 0 Å². The van der Waals surface area contributed by atoms with Gasteiger partial charge >= 0.3 is 0 Å². The van der Waals surface area contributed by atoms with Crippen molar-refractivity contribution in [3.63, 3.8) is 0 Å². The van der Waals surface area contributed by atoms with Crippen LogP contribution in [0.5, 0.6) is 0 Å². The normalized spacial score (nSPS) is 17.0. The van der Waals surface area contributed by atoms with Crippen LogP contribution in [0.2, 0.25) is 5.02 Å². The van der Waals surface area contributed by atoms with Crippen molar-refractivity contribution in [2.75, 3.05) is 18.4 Å². The first kappa shape index (κ1) is 17.1. The maximum absolute atomic E-state index is 12.2. The van der Waals surface area contributed by atoms with Crippen molar-refractivity contribution in [1.82, 2.24) is 4.90 Å². The molecule has 1 N–H and O–H groups in total. The van der Waals surface area contributed by atoms with Crippen molar-refractivity contribution in [3.8, 4) is 0 Å². The largest absolute Gasteiger partial charge is 0.322 e. The van der Waals surface area contributed by atoms with Gasteiger partial charge < -0.3 is 5.32 Å². The maximum Gasteiger partial charge on any atom is 0.262 e. The molecule has 2 aliphatic heterocycles. The molecular formula is C14H13BrClN3O2S. The molecule has 22 heavy (non-hydrogen) atoms. The number of carbonyl (C=O) groups excluding carboxylic acids is 2. The van der Waals surface area contributed by atoms with E-state index >= 15 is 0 Å². The molecule has 2 aliphatic rings. The number of halogens is 2. The van der Waals surface area contributed by atoms with E-state index in [2.05, 4.69) is 10.3 Å². The number of hydrogen-bond donors (Lipinski definition) is 1. The number of carbonyl (C=O) groups is 2. The summed E-state index contributed by atoms with van der Waals surface area (Å²) in [6.07, 6.45) is 2.22. The van der Waals surface area contributed by atoms with Crippen LogP contribution in [-0.4, -0.2) is 35.0 Å². The van der Waals surface area contributed by atoms with Gasteiger partial charge in [0.05, 0.1) is 4.91 Å². The van der Waals surface area contributed by atoms with Gasteiger partial charge in [-0.05, 0) is 42.4 Å². The number of rotatable bonds is 2. The second kappa shape index (κ2) is 7.30. The Morgan fingerprint density at radius 3 is 2.77 bits per heavy atom. The van der Waals surface area contributed by atoms with Gasteiger partial charge in [0.25, 0.3) is 11.8 Å². The highest BCUT2D eigenvalue weighted by atomic mass is 79.9. The molecule has 0 aromatic heterocycles. The SMILES string of the molecule is Br.O=C(Nc1ccc(Cl)cc1)C1=CC(=O)N2CCCN=C2S1. The fourth-order valence-electron chi connectivity index (χ4n) is 2.03. The highest BCUT2D eigenvalue weighted by Crippen LogP contribution is 2.28. The highest BCUT2D eigenvalue weighted by Gasteiger charge is 2.30. The van der Waals surface area contributed by atoms with Gasteiger partial charge in [0, 0.05) is 29.9 Å². The fraction of sp³-hybridized carbons (Fsp3) is 0.214. The van der Waals surface area contributed by atoms with Gasteiger partial charge in [-0.3, -0.25) is 19.5 Å². The minimum absolute atomic E-state index is 0. The molecule has 0 saturated heterocycles. The Hall–Kier alpha value is -1.31. The summed E-state index contributed by atoms with van der Waals surface area (Å²) in [5.74, 6) is -0.503. The third-order valence-corrected chi connectivity index (χ3v) is 4.37.